The Labute approximate surface area is 156 Å². The predicted octanol–water partition coefficient (Wildman–Crippen LogP) is 2.39. The quantitative estimate of drug-likeness (QED) is 0.715. The first-order valence-corrected chi connectivity index (χ1v) is 9.46. The van der Waals surface area contributed by atoms with E-state index in [1.807, 2.05) is 26.0 Å². The molecule has 3 heterocycles. The van der Waals surface area contributed by atoms with Crippen molar-refractivity contribution >= 4 is 11.0 Å². The lowest BCUT2D eigenvalue weighted by Gasteiger charge is -2.31. The number of piperidine rings is 1. The lowest BCUT2D eigenvalue weighted by atomic mass is 9.95. The monoisotopic (exact) mass is 368 g/mol. The van der Waals surface area contributed by atoms with Crippen molar-refractivity contribution in [1.82, 2.24) is 19.7 Å². The SMILES string of the molecule is CCn1c(C2CCN(Cc3ccc4c(C)cc(=O)oc4c3)CC2)n[nH]c1=O. The van der Waals surface area contributed by atoms with Crippen LogP contribution < -0.4 is 11.3 Å². The molecule has 0 atom stereocenters. The number of hydrogen-bond donors (Lipinski definition) is 1. The highest BCUT2D eigenvalue weighted by Gasteiger charge is 2.25. The molecule has 1 aliphatic rings. The molecule has 0 aliphatic carbocycles. The maximum Gasteiger partial charge on any atom is 0.343 e. The van der Waals surface area contributed by atoms with Gasteiger partial charge in [-0.1, -0.05) is 12.1 Å². The van der Waals surface area contributed by atoms with Crippen LogP contribution in [0.5, 0.6) is 0 Å². The Kier molecular flexibility index (Phi) is 4.70. The number of nitrogens with zero attached hydrogens (tertiary/aromatic N) is 3. The largest absolute Gasteiger partial charge is 0.423 e. The average molecular weight is 368 g/mol. The van der Waals surface area contributed by atoms with Gasteiger partial charge in [0.2, 0.25) is 0 Å². The maximum absolute atomic E-state index is 11.8. The zero-order valence-electron chi connectivity index (χ0n) is 15.7. The van der Waals surface area contributed by atoms with Gasteiger partial charge in [-0.05, 0) is 57.0 Å². The molecular weight excluding hydrogens is 344 g/mol. The zero-order valence-corrected chi connectivity index (χ0v) is 15.7. The van der Waals surface area contributed by atoms with Crippen molar-refractivity contribution in [3.8, 4) is 0 Å². The normalized spacial score (nSPS) is 16.2. The van der Waals surface area contributed by atoms with E-state index < -0.39 is 0 Å². The van der Waals surface area contributed by atoms with Gasteiger partial charge in [0.25, 0.3) is 0 Å². The molecule has 0 amide bonds. The third-order valence-corrected chi connectivity index (χ3v) is 5.48. The van der Waals surface area contributed by atoms with E-state index in [1.165, 1.54) is 6.07 Å². The van der Waals surface area contributed by atoms with Gasteiger partial charge < -0.3 is 4.42 Å². The van der Waals surface area contributed by atoms with Crippen molar-refractivity contribution in [2.45, 2.75) is 45.7 Å². The van der Waals surface area contributed by atoms with Gasteiger partial charge >= 0.3 is 11.3 Å². The Hall–Kier alpha value is -2.67. The summed E-state index contributed by atoms with van der Waals surface area (Å²) >= 11 is 0. The lowest BCUT2D eigenvalue weighted by Crippen LogP contribution is -2.33. The molecule has 0 radical (unpaired) electrons. The molecule has 27 heavy (non-hydrogen) atoms. The number of nitrogens with one attached hydrogen (secondary N) is 1. The number of aromatic amines is 1. The van der Waals surface area contributed by atoms with E-state index in [1.54, 1.807) is 4.57 Å². The molecule has 1 N–H and O–H groups in total. The number of rotatable bonds is 4. The summed E-state index contributed by atoms with van der Waals surface area (Å²) in [6.45, 7) is 7.26. The van der Waals surface area contributed by atoms with E-state index in [0.717, 1.165) is 54.8 Å². The Morgan fingerprint density at radius 3 is 2.74 bits per heavy atom. The third kappa shape index (κ3) is 3.47. The number of likely N-dealkylation sites (tertiary alicyclic amines) is 1. The van der Waals surface area contributed by atoms with Gasteiger partial charge in [0.15, 0.2) is 0 Å². The van der Waals surface area contributed by atoms with Crippen LogP contribution in [0, 0.1) is 6.92 Å². The van der Waals surface area contributed by atoms with E-state index in [-0.39, 0.29) is 11.3 Å². The fourth-order valence-electron chi connectivity index (χ4n) is 4.02. The standard InChI is InChI=1S/C20H24N4O3/c1-3-24-19(21-22-20(24)26)15-6-8-23(9-7-15)12-14-4-5-16-13(2)10-18(25)27-17(16)11-14/h4-5,10-11,15H,3,6-9,12H2,1-2H3,(H,22,26). The Bertz CT molecular complexity index is 1070. The molecule has 142 valence electrons. The zero-order chi connectivity index (χ0) is 19.0. The minimum atomic E-state index is -0.307. The van der Waals surface area contributed by atoms with Crippen molar-refractivity contribution in [3.05, 3.63) is 62.1 Å². The van der Waals surface area contributed by atoms with Crippen LogP contribution in [-0.4, -0.2) is 32.8 Å². The van der Waals surface area contributed by atoms with Crippen LogP contribution in [0.25, 0.3) is 11.0 Å². The summed E-state index contributed by atoms with van der Waals surface area (Å²) < 4.78 is 7.09. The molecule has 4 rings (SSSR count). The first-order valence-electron chi connectivity index (χ1n) is 9.46. The second-order valence-corrected chi connectivity index (χ2v) is 7.26. The highest BCUT2D eigenvalue weighted by Crippen LogP contribution is 2.27. The van der Waals surface area contributed by atoms with Gasteiger partial charge in [0, 0.05) is 30.5 Å². The summed E-state index contributed by atoms with van der Waals surface area (Å²) in [7, 11) is 0. The van der Waals surface area contributed by atoms with Crippen LogP contribution in [0.15, 0.2) is 38.3 Å². The van der Waals surface area contributed by atoms with Crippen LogP contribution >= 0.6 is 0 Å². The van der Waals surface area contributed by atoms with Crippen molar-refractivity contribution in [2.24, 2.45) is 0 Å². The average Bonchev–Trinajstić information content (AvgIpc) is 3.02. The highest BCUT2D eigenvalue weighted by atomic mass is 16.4. The van der Waals surface area contributed by atoms with E-state index in [2.05, 4.69) is 21.2 Å². The molecule has 2 aromatic heterocycles. The minimum Gasteiger partial charge on any atom is -0.423 e. The summed E-state index contributed by atoms with van der Waals surface area (Å²) in [4.78, 5) is 25.8. The first kappa shape index (κ1) is 17.7. The van der Waals surface area contributed by atoms with Gasteiger partial charge in [-0.3, -0.25) is 9.47 Å². The molecule has 3 aromatic rings. The van der Waals surface area contributed by atoms with Crippen LogP contribution in [0.1, 0.15) is 42.6 Å². The third-order valence-electron chi connectivity index (χ3n) is 5.48. The van der Waals surface area contributed by atoms with Crippen molar-refractivity contribution < 1.29 is 4.42 Å². The molecular formula is C20H24N4O3. The molecule has 0 bridgehead atoms. The second kappa shape index (κ2) is 7.15. The highest BCUT2D eigenvalue weighted by molar-refractivity contribution is 5.80. The van der Waals surface area contributed by atoms with Gasteiger partial charge in [-0.15, -0.1) is 0 Å². The second-order valence-electron chi connectivity index (χ2n) is 7.26. The van der Waals surface area contributed by atoms with Crippen molar-refractivity contribution in [1.29, 1.82) is 0 Å². The number of aryl methyl sites for hydroxylation is 1. The van der Waals surface area contributed by atoms with E-state index in [9.17, 15) is 9.59 Å². The van der Waals surface area contributed by atoms with Crippen LogP contribution in [-0.2, 0) is 13.1 Å². The number of hydrogen-bond acceptors (Lipinski definition) is 5. The number of H-pyrrole nitrogens is 1. The minimum absolute atomic E-state index is 0.122. The van der Waals surface area contributed by atoms with Crippen molar-refractivity contribution in [3.63, 3.8) is 0 Å². The summed E-state index contributed by atoms with van der Waals surface area (Å²) in [5.74, 6) is 1.20. The first-order chi connectivity index (χ1) is 13.0. The molecule has 0 unspecified atom stereocenters. The maximum atomic E-state index is 11.8. The van der Waals surface area contributed by atoms with Gasteiger partial charge in [0.05, 0.1) is 0 Å². The molecule has 1 aliphatic heterocycles. The van der Waals surface area contributed by atoms with E-state index >= 15 is 0 Å². The predicted molar refractivity (Wildman–Crippen MR) is 103 cm³/mol. The fraction of sp³-hybridized carbons (Fsp3) is 0.450. The molecule has 7 nitrogen and oxygen atoms in total. The topological polar surface area (TPSA) is 84.1 Å². The molecule has 1 fully saturated rings. The molecule has 7 heteroatoms. The Balaban J connectivity index is 1.45. The molecule has 1 saturated heterocycles. The van der Waals surface area contributed by atoms with Gasteiger partial charge in [0.1, 0.15) is 11.4 Å². The number of benzene rings is 1. The lowest BCUT2D eigenvalue weighted by molar-refractivity contribution is 0.200. The van der Waals surface area contributed by atoms with Crippen LogP contribution in [0.2, 0.25) is 0 Å². The smallest absolute Gasteiger partial charge is 0.343 e. The summed E-state index contributed by atoms with van der Waals surface area (Å²) in [6, 6.07) is 7.62. The Morgan fingerprint density at radius 2 is 2.00 bits per heavy atom. The molecule has 0 saturated carbocycles. The van der Waals surface area contributed by atoms with Gasteiger partial charge in [-0.2, -0.15) is 5.10 Å². The Morgan fingerprint density at radius 1 is 1.22 bits per heavy atom. The summed E-state index contributed by atoms with van der Waals surface area (Å²) in [5.41, 5.74) is 2.30. The van der Waals surface area contributed by atoms with Gasteiger partial charge in [-0.25, -0.2) is 14.7 Å². The van der Waals surface area contributed by atoms with Crippen LogP contribution in [0.3, 0.4) is 0 Å². The summed E-state index contributed by atoms with van der Waals surface area (Å²) in [5, 5.41) is 7.79. The molecule has 0 spiro atoms. The van der Waals surface area contributed by atoms with Crippen molar-refractivity contribution in [2.75, 3.05) is 13.1 Å². The fourth-order valence-corrected chi connectivity index (χ4v) is 4.02. The van der Waals surface area contributed by atoms with E-state index in [0.29, 0.717) is 18.0 Å². The van der Waals surface area contributed by atoms with Crippen LogP contribution in [0.4, 0.5) is 0 Å². The molecule has 1 aromatic carbocycles. The number of aromatic nitrogens is 3. The summed E-state index contributed by atoms with van der Waals surface area (Å²) in [6.07, 6.45) is 1.96. The number of fused-ring (bicyclic) bond motifs is 1. The van der Waals surface area contributed by atoms with E-state index in [4.69, 9.17) is 4.42 Å².